The minimum absolute atomic E-state index is 0.00802. The molecule has 2 heterocycles. The summed E-state index contributed by atoms with van der Waals surface area (Å²) in [5.41, 5.74) is -2.14. The highest BCUT2D eigenvalue weighted by Gasteiger charge is 2.31. The van der Waals surface area contributed by atoms with Gasteiger partial charge in [-0.3, -0.25) is 9.48 Å². The normalized spacial score (nSPS) is 11.6. The lowest BCUT2D eigenvalue weighted by Gasteiger charge is -2.17. The van der Waals surface area contributed by atoms with Crippen molar-refractivity contribution in [2.45, 2.75) is 13.1 Å². The van der Waals surface area contributed by atoms with Crippen LogP contribution in [-0.4, -0.2) is 25.4 Å². The maximum absolute atomic E-state index is 13.1. The quantitative estimate of drug-likeness (QED) is 0.760. The van der Waals surface area contributed by atoms with Gasteiger partial charge in [-0.2, -0.15) is 18.3 Å². The number of halogens is 3. The molecule has 0 aliphatic heterocycles. The molecule has 0 saturated heterocycles. The minimum atomic E-state index is -4.59. The molecule has 0 amide bonds. The molecule has 0 atom stereocenters. The lowest BCUT2D eigenvalue weighted by Crippen LogP contribution is -2.23. The van der Waals surface area contributed by atoms with Crippen LogP contribution in [0.2, 0.25) is 0 Å². The van der Waals surface area contributed by atoms with Crippen LogP contribution in [0.3, 0.4) is 0 Å². The molecular weight excluding hydrogens is 363 g/mol. The summed E-state index contributed by atoms with van der Waals surface area (Å²) in [5.74, 6) is -1.01. The molecule has 27 heavy (non-hydrogen) atoms. The highest BCUT2D eigenvalue weighted by Crippen LogP contribution is 2.32. The van der Waals surface area contributed by atoms with Crippen LogP contribution in [0.25, 0.3) is 16.9 Å². The van der Waals surface area contributed by atoms with E-state index >= 15 is 0 Å². The smallest absolute Gasteiger partial charge is 0.416 e. The number of alkyl halides is 3. The molecule has 0 radical (unpaired) electrons. The first-order chi connectivity index (χ1) is 12.6. The van der Waals surface area contributed by atoms with Gasteiger partial charge in [0.2, 0.25) is 5.43 Å². The second-order valence-electron chi connectivity index (χ2n) is 5.90. The number of benzene rings is 1. The molecule has 0 unspecified atom stereocenters. The number of aromatic nitrogens is 3. The number of hydrogen-bond donors (Lipinski definition) is 1. The number of carboxylic acids is 1. The van der Waals surface area contributed by atoms with Crippen LogP contribution < -0.4 is 5.43 Å². The molecule has 9 heteroatoms. The first-order valence-electron chi connectivity index (χ1n) is 7.77. The van der Waals surface area contributed by atoms with Crippen molar-refractivity contribution in [3.05, 3.63) is 69.8 Å². The Hall–Kier alpha value is -3.36. The molecule has 2 aromatic heterocycles. The zero-order chi connectivity index (χ0) is 19.9. The zero-order valence-corrected chi connectivity index (χ0v) is 14.3. The lowest BCUT2D eigenvalue weighted by atomic mass is 9.99. The van der Waals surface area contributed by atoms with E-state index in [0.717, 1.165) is 18.3 Å². The van der Waals surface area contributed by atoms with E-state index < -0.39 is 28.7 Å². The molecule has 1 N–H and O–H groups in total. The second kappa shape index (κ2) is 6.42. The average molecular weight is 377 g/mol. The first kappa shape index (κ1) is 18.4. The van der Waals surface area contributed by atoms with E-state index in [9.17, 15) is 27.9 Å². The molecule has 3 aromatic rings. The summed E-state index contributed by atoms with van der Waals surface area (Å²) >= 11 is 0. The van der Waals surface area contributed by atoms with Gasteiger partial charge in [0, 0.05) is 30.6 Å². The monoisotopic (exact) mass is 377 g/mol. The average Bonchev–Trinajstić information content (AvgIpc) is 3.00. The van der Waals surface area contributed by atoms with Gasteiger partial charge in [0.25, 0.3) is 0 Å². The fraction of sp³-hybridized carbons (Fsp3) is 0.167. The van der Waals surface area contributed by atoms with Gasteiger partial charge in [-0.15, -0.1) is 0 Å². The topological polar surface area (TPSA) is 77.1 Å². The summed E-state index contributed by atoms with van der Waals surface area (Å²) in [4.78, 5) is 24.2. The van der Waals surface area contributed by atoms with Crippen LogP contribution in [0.1, 0.15) is 21.6 Å². The Morgan fingerprint density at radius 2 is 1.93 bits per heavy atom. The number of carboxylic acid groups (broad SMARTS) is 1. The number of rotatable bonds is 3. The van der Waals surface area contributed by atoms with Crippen molar-refractivity contribution in [2.75, 3.05) is 0 Å². The Labute approximate surface area is 151 Å². The maximum atomic E-state index is 13.1. The minimum Gasteiger partial charge on any atom is -0.477 e. The second-order valence-corrected chi connectivity index (χ2v) is 5.90. The summed E-state index contributed by atoms with van der Waals surface area (Å²) in [6.45, 7) is 1.54. The number of nitrogens with zero attached hydrogens (tertiary/aromatic N) is 3. The van der Waals surface area contributed by atoms with Crippen LogP contribution in [0.5, 0.6) is 0 Å². The van der Waals surface area contributed by atoms with Gasteiger partial charge in [-0.25, -0.2) is 4.79 Å². The largest absolute Gasteiger partial charge is 0.477 e. The van der Waals surface area contributed by atoms with Gasteiger partial charge < -0.3 is 9.67 Å². The van der Waals surface area contributed by atoms with E-state index in [2.05, 4.69) is 5.10 Å². The van der Waals surface area contributed by atoms with Crippen molar-refractivity contribution in [3.8, 4) is 16.9 Å². The Morgan fingerprint density at radius 1 is 1.22 bits per heavy atom. The summed E-state index contributed by atoms with van der Waals surface area (Å²) in [6.07, 6.45) is -1.96. The van der Waals surface area contributed by atoms with E-state index in [1.807, 2.05) is 0 Å². The molecule has 1 aromatic carbocycles. The SMILES string of the molecule is Cc1c(-c2cccc(C(F)(F)F)c2)c(=O)c(C(=O)O)cn1-c1ccnn1C. The fourth-order valence-electron chi connectivity index (χ4n) is 2.89. The molecule has 140 valence electrons. The summed E-state index contributed by atoms with van der Waals surface area (Å²) in [6, 6.07) is 5.85. The Balaban J connectivity index is 2.37. The number of aryl methyl sites for hydroxylation is 1. The molecule has 0 fully saturated rings. The van der Waals surface area contributed by atoms with Gasteiger partial charge in [-0.05, 0) is 24.6 Å². The van der Waals surface area contributed by atoms with E-state index in [-0.39, 0.29) is 11.1 Å². The number of aromatic carboxylic acids is 1. The van der Waals surface area contributed by atoms with E-state index in [4.69, 9.17) is 0 Å². The third kappa shape index (κ3) is 3.23. The third-order valence-corrected chi connectivity index (χ3v) is 4.20. The van der Waals surface area contributed by atoms with Gasteiger partial charge in [0.15, 0.2) is 0 Å². The van der Waals surface area contributed by atoms with Crippen LogP contribution >= 0.6 is 0 Å². The molecule has 0 aliphatic rings. The summed E-state index contributed by atoms with van der Waals surface area (Å²) in [5, 5.41) is 13.4. The Kier molecular flexibility index (Phi) is 4.38. The third-order valence-electron chi connectivity index (χ3n) is 4.20. The molecule has 6 nitrogen and oxygen atoms in total. The van der Waals surface area contributed by atoms with E-state index in [1.165, 1.54) is 34.5 Å². The lowest BCUT2D eigenvalue weighted by molar-refractivity contribution is -0.137. The predicted molar refractivity (Wildman–Crippen MR) is 90.9 cm³/mol. The van der Waals surface area contributed by atoms with Crippen molar-refractivity contribution in [3.63, 3.8) is 0 Å². The van der Waals surface area contributed by atoms with Gasteiger partial charge in [0.1, 0.15) is 11.4 Å². The number of carbonyl (C=O) groups is 1. The van der Waals surface area contributed by atoms with Gasteiger partial charge >= 0.3 is 12.1 Å². The fourth-order valence-corrected chi connectivity index (χ4v) is 2.89. The van der Waals surface area contributed by atoms with Crippen molar-refractivity contribution in [1.82, 2.24) is 14.3 Å². The predicted octanol–water partition coefficient (Wildman–Crippen LogP) is 3.26. The van der Waals surface area contributed by atoms with E-state index in [1.54, 1.807) is 13.1 Å². The Bertz CT molecular complexity index is 1100. The number of hydrogen-bond acceptors (Lipinski definition) is 3. The molecule has 0 aliphatic carbocycles. The molecule has 0 bridgehead atoms. The molecule has 3 rings (SSSR count). The van der Waals surface area contributed by atoms with Crippen molar-refractivity contribution in [2.24, 2.45) is 7.05 Å². The van der Waals surface area contributed by atoms with Crippen molar-refractivity contribution in [1.29, 1.82) is 0 Å². The van der Waals surface area contributed by atoms with Crippen LogP contribution in [0.15, 0.2) is 47.5 Å². The summed E-state index contributed by atoms with van der Waals surface area (Å²) < 4.78 is 42.1. The highest BCUT2D eigenvalue weighted by molar-refractivity contribution is 5.89. The van der Waals surface area contributed by atoms with Gasteiger partial charge in [0.05, 0.1) is 11.8 Å². The van der Waals surface area contributed by atoms with Crippen molar-refractivity contribution < 1.29 is 23.1 Å². The molecule has 0 spiro atoms. The zero-order valence-electron chi connectivity index (χ0n) is 14.3. The molecular formula is C18H14F3N3O3. The standard InChI is InChI=1S/C18H14F3N3O3/c1-10-15(11-4-3-5-12(8-11)18(19,20)21)16(25)13(17(26)27)9-24(10)14-6-7-22-23(14)2/h3-9H,1-2H3,(H,26,27). The highest BCUT2D eigenvalue weighted by atomic mass is 19.4. The first-order valence-corrected chi connectivity index (χ1v) is 7.77. The van der Waals surface area contributed by atoms with E-state index in [0.29, 0.717) is 11.5 Å². The van der Waals surface area contributed by atoms with Gasteiger partial charge in [-0.1, -0.05) is 12.1 Å². The van der Waals surface area contributed by atoms with Crippen LogP contribution in [0.4, 0.5) is 13.2 Å². The van der Waals surface area contributed by atoms with Crippen molar-refractivity contribution >= 4 is 5.97 Å². The number of pyridine rings is 1. The van der Waals surface area contributed by atoms with Crippen LogP contribution in [-0.2, 0) is 13.2 Å². The Morgan fingerprint density at radius 3 is 2.48 bits per heavy atom. The maximum Gasteiger partial charge on any atom is 0.416 e. The summed E-state index contributed by atoms with van der Waals surface area (Å²) in [7, 11) is 1.62. The van der Waals surface area contributed by atoms with Crippen LogP contribution in [0, 0.1) is 6.92 Å². The molecule has 0 saturated carbocycles.